The smallest absolute Gasteiger partial charge is 0.251 e. The van der Waals surface area contributed by atoms with E-state index in [2.05, 4.69) is 5.32 Å². The molecule has 0 saturated carbocycles. The molecule has 19 heavy (non-hydrogen) atoms. The van der Waals surface area contributed by atoms with Crippen molar-refractivity contribution < 1.29 is 15.0 Å². The Morgan fingerprint density at radius 2 is 2.00 bits per heavy atom. The molecule has 1 aromatic rings. The zero-order valence-electron chi connectivity index (χ0n) is 11.4. The highest BCUT2D eigenvalue weighted by atomic mass is 16.3. The van der Waals surface area contributed by atoms with Crippen LogP contribution in [0, 0.1) is 5.92 Å². The van der Waals surface area contributed by atoms with Crippen LogP contribution in [0.25, 0.3) is 0 Å². The lowest BCUT2D eigenvalue weighted by molar-refractivity contribution is 0.0816. The maximum absolute atomic E-state index is 11.8. The van der Waals surface area contributed by atoms with Crippen molar-refractivity contribution in [2.45, 2.75) is 32.8 Å². The molecule has 0 aromatic heterocycles. The van der Waals surface area contributed by atoms with Gasteiger partial charge in [0.05, 0.1) is 11.8 Å². The van der Waals surface area contributed by atoms with Gasteiger partial charge in [-0.25, -0.2) is 0 Å². The minimum Gasteiger partial charge on any atom is -0.506 e. The van der Waals surface area contributed by atoms with E-state index in [1.165, 1.54) is 18.2 Å². The third kappa shape index (κ3) is 4.13. The molecule has 1 aromatic carbocycles. The summed E-state index contributed by atoms with van der Waals surface area (Å²) in [5.41, 5.74) is 6.02. The molecule has 0 spiro atoms. The molecule has 1 amide bonds. The highest BCUT2D eigenvalue weighted by Crippen LogP contribution is 2.20. The van der Waals surface area contributed by atoms with Crippen molar-refractivity contribution >= 4 is 11.6 Å². The van der Waals surface area contributed by atoms with Gasteiger partial charge in [-0.05, 0) is 24.1 Å². The number of phenols is 1. The first-order valence-corrected chi connectivity index (χ1v) is 6.54. The number of anilines is 1. The van der Waals surface area contributed by atoms with Crippen LogP contribution in [0.2, 0.25) is 0 Å². The van der Waals surface area contributed by atoms with E-state index < -0.39 is 6.10 Å². The van der Waals surface area contributed by atoms with Gasteiger partial charge in [-0.15, -0.1) is 0 Å². The molecule has 1 unspecified atom stereocenters. The Labute approximate surface area is 113 Å². The van der Waals surface area contributed by atoms with Gasteiger partial charge in [-0.2, -0.15) is 0 Å². The summed E-state index contributed by atoms with van der Waals surface area (Å²) >= 11 is 0. The van der Waals surface area contributed by atoms with Crippen LogP contribution in [0.3, 0.4) is 0 Å². The summed E-state index contributed by atoms with van der Waals surface area (Å²) in [5.74, 6) is -0.270. The number of hydrogen-bond acceptors (Lipinski definition) is 4. The third-order valence-corrected chi connectivity index (χ3v) is 3.36. The first-order valence-electron chi connectivity index (χ1n) is 6.54. The van der Waals surface area contributed by atoms with Gasteiger partial charge in [0.15, 0.2) is 0 Å². The molecular weight excluding hydrogens is 244 g/mol. The lowest BCUT2D eigenvalue weighted by atomic mass is 9.96. The number of aliphatic hydroxyl groups excluding tert-OH is 1. The number of benzene rings is 1. The third-order valence-electron chi connectivity index (χ3n) is 3.36. The van der Waals surface area contributed by atoms with E-state index in [1.807, 2.05) is 13.8 Å². The van der Waals surface area contributed by atoms with Gasteiger partial charge in [0.2, 0.25) is 0 Å². The Kier molecular flexibility index (Phi) is 5.63. The van der Waals surface area contributed by atoms with E-state index in [4.69, 9.17) is 5.73 Å². The van der Waals surface area contributed by atoms with Crippen LogP contribution in [-0.4, -0.2) is 28.8 Å². The molecular formula is C14H22N2O3. The highest BCUT2D eigenvalue weighted by molar-refractivity contribution is 5.95. The maximum Gasteiger partial charge on any atom is 0.251 e. The van der Waals surface area contributed by atoms with E-state index in [0.717, 1.165) is 12.8 Å². The molecule has 1 rings (SSSR count). The second kappa shape index (κ2) is 6.99. The second-order valence-corrected chi connectivity index (χ2v) is 4.63. The standard InChI is InChI=1S/C14H22N2O3/c1-3-9(4-2)13(18)8-16-14(19)10-5-6-11(15)12(17)7-10/h5-7,9,13,17-18H,3-4,8,15H2,1-2H3,(H,16,19). The molecule has 106 valence electrons. The van der Waals surface area contributed by atoms with Crippen LogP contribution in [0.5, 0.6) is 5.75 Å². The van der Waals surface area contributed by atoms with Gasteiger partial charge in [-0.1, -0.05) is 26.7 Å². The van der Waals surface area contributed by atoms with Crippen LogP contribution in [0.4, 0.5) is 5.69 Å². The predicted octanol–water partition coefficient (Wildman–Crippen LogP) is 1.50. The Bertz CT molecular complexity index is 431. The van der Waals surface area contributed by atoms with E-state index in [1.54, 1.807) is 0 Å². The number of nitrogens with two attached hydrogens (primary N) is 1. The van der Waals surface area contributed by atoms with Gasteiger partial charge in [0.25, 0.3) is 5.91 Å². The number of nitrogens with one attached hydrogen (secondary N) is 1. The number of carbonyl (C=O) groups is 1. The van der Waals surface area contributed by atoms with Crippen molar-refractivity contribution in [2.75, 3.05) is 12.3 Å². The Balaban J connectivity index is 2.58. The normalized spacial score (nSPS) is 12.4. The summed E-state index contributed by atoms with van der Waals surface area (Å²) in [6, 6.07) is 4.32. The van der Waals surface area contributed by atoms with Crippen molar-refractivity contribution in [1.82, 2.24) is 5.32 Å². The Morgan fingerprint density at radius 1 is 1.37 bits per heavy atom. The molecule has 5 heteroatoms. The lowest BCUT2D eigenvalue weighted by Crippen LogP contribution is -2.36. The fraction of sp³-hybridized carbons (Fsp3) is 0.500. The fourth-order valence-electron chi connectivity index (χ4n) is 1.98. The number of aliphatic hydroxyl groups is 1. The molecule has 0 radical (unpaired) electrons. The Morgan fingerprint density at radius 3 is 2.53 bits per heavy atom. The largest absolute Gasteiger partial charge is 0.506 e. The van der Waals surface area contributed by atoms with Crippen molar-refractivity contribution in [3.05, 3.63) is 23.8 Å². The topological polar surface area (TPSA) is 95.6 Å². The first kappa shape index (κ1) is 15.3. The van der Waals surface area contributed by atoms with Crippen LogP contribution in [-0.2, 0) is 0 Å². The van der Waals surface area contributed by atoms with E-state index in [-0.39, 0.29) is 29.8 Å². The molecule has 0 aliphatic heterocycles. The molecule has 0 aliphatic rings. The maximum atomic E-state index is 11.8. The summed E-state index contributed by atoms with van der Waals surface area (Å²) in [6.45, 7) is 4.23. The van der Waals surface area contributed by atoms with Crippen molar-refractivity contribution in [3.63, 3.8) is 0 Å². The van der Waals surface area contributed by atoms with Crippen molar-refractivity contribution in [3.8, 4) is 5.75 Å². The molecule has 0 heterocycles. The number of rotatable bonds is 6. The number of hydrogen-bond donors (Lipinski definition) is 4. The van der Waals surface area contributed by atoms with Crippen molar-refractivity contribution in [1.29, 1.82) is 0 Å². The molecule has 1 atom stereocenters. The summed E-state index contributed by atoms with van der Waals surface area (Å²) < 4.78 is 0. The molecule has 0 fully saturated rings. The van der Waals surface area contributed by atoms with E-state index >= 15 is 0 Å². The van der Waals surface area contributed by atoms with Crippen LogP contribution >= 0.6 is 0 Å². The van der Waals surface area contributed by atoms with E-state index in [0.29, 0.717) is 5.56 Å². The summed E-state index contributed by atoms with van der Waals surface area (Å²) in [4.78, 5) is 11.8. The van der Waals surface area contributed by atoms with E-state index in [9.17, 15) is 15.0 Å². The minimum atomic E-state index is -0.554. The number of aromatic hydroxyl groups is 1. The van der Waals surface area contributed by atoms with Gasteiger partial charge in [0, 0.05) is 12.1 Å². The minimum absolute atomic E-state index is 0.117. The Hall–Kier alpha value is -1.75. The first-order chi connectivity index (χ1) is 8.99. The highest BCUT2D eigenvalue weighted by Gasteiger charge is 2.16. The second-order valence-electron chi connectivity index (χ2n) is 4.63. The predicted molar refractivity (Wildman–Crippen MR) is 74.9 cm³/mol. The van der Waals surface area contributed by atoms with Crippen LogP contribution in [0.1, 0.15) is 37.0 Å². The quantitative estimate of drug-likeness (QED) is 0.463. The lowest BCUT2D eigenvalue weighted by Gasteiger charge is -2.20. The zero-order chi connectivity index (χ0) is 14.4. The van der Waals surface area contributed by atoms with Crippen LogP contribution < -0.4 is 11.1 Å². The van der Waals surface area contributed by atoms with Gasteiger partial charge in [0.1, 0.15) is 5.75 Å². The number of phenolic OH excluding ortho intramolecular Hbond substituents is 1. The molecule has 0 bridgehead atoms. The van der Waals surface area contributed by atoms with Crippen molar-refractivity contribution in [2.24, 2.45) is 5.92 Å². The molecule has 0 aliphatic carbocycles. The number of carbonyl (C=O) groups excluding carboxylic acids is 1. The average Bonchev–Trinajstić information content (AvgIpc) is 2.40. The summed E-state index contributed by atoms with van der Waals surface area (Å²) in [7, 11) is 0. The molecule has 5 N–H and O–H groups in total. The average molecular weight is 266 g/mol. The van der Waals surface area contributed by atoms with Crippen LogP contribution in [0.15, 0.2) is 18.2 Å². The summed E-state index contributed by atoms with van der Waals surface area (Å²) in [6.07, 6.45) is 1.19. The number of amides is 1. The van der Waals surface area contributed by atoms with Gasteiger partial charge in [-0.3, -0.25) is 4.79 Å². The fourth-order valence-corrected chi connectivity index (χ4v) is 1.98. The summed E-state index contributed by atoms with van der Waals surface area (Å²) in [5, 5.41) is 22.0. The number of nitrogen functional groups attached to an aromatic ring is 1. The van der Waals surface area contributed by atoms with Gasteiger partial charge < -0.3 is 21.3 Å². The monoisotopic (exact) mass is 266 g/mol. The SMILES string of the molecule is CCC(CC)C(O)CNC(=O)c1ccc(N)c(O)c1. The van der Waals surface area contributed by atoms with Gasteiger partial charge >= 0.3 is 0 Å². The molecule has 5 nitrogen and oxygen atoms in total. The molecule has 0 saturated heterocycles. The zero-order valence-corrected chi connectivity index (χ0v) is 11.4.